The first-order chi connectivity index (χ1) is 11.5. The summed E-state index contributed by atoms with van der Waals surface area (Å²) in [6, 6.07) is -0.235. The summed E-state index contributed by atoms with van der Waals surface area (Å²) in [6.45, 7) is 13.2. The number of carbonyl (C=O) groups excluding carboxylic acids is 1. The molecule has 1 saturated heterocycles. The van der Waals surface area contributed by atoms with Gasteiger partial charge in [-0.25, -0.2) is 9.97 Å². The summed E-state index contributed by atoms with van der Waals surface area (Å²) in [4.78, 5) is 26.4. The zero-order valence-electron chi connectivity index (χ0n) is 15.1. The van der Waals surface area contributed by atoms with Crippen molar-refractivity contribution in [3.63, 3.8) is 0 Å². The van der Waals surface area contributed by atoms with E-state index in [9.17, 15) is 4.79 Å². The van der Waals surface area contributed by atoms with E-state index in [4.69, 9.17) is 0 Å². The van der Waals surface area contributed by atoms with Gasteiger partial charge in [0.05, 0.1) is 0 Å². The molecule has 2 unspecified atom stereocenters. The monoisotopic (exact) mass is 332 g/mol. The Bertz CT molecular complexity index is 611. The van der Waals surface area contributed by atoms with E-state index in [2.05, 4.69) is 51.2 Å². The van der Waals surface area contributed by atoms with Gasteiger partial charge in [0, 0.05) is 26.2 Å². The fourth-order valence-electron chi connectivity index (χ4n) is 3.33. The smallest absolute Gasteiger partial charge is 0.247 e. The molecule has 1 amide bonds. The molecule has 0 saturated carbocycles. The lowest BCUT2D eigenvalue weighted by atomic mass is 9.97. The van der Waals surface area contributed by atoms with Crippen LogP contribution in [0.2, 0.25) is 0 Å². The van der Waals surface area contributed by atoms with Crippen LogP contribution in [0.15, 0.2) is 0 Å². The molecule has 0 bridgehead atoms. The Balaban J connectivity index is 1.88. The molecule has 3 heterocycles. The second kappa shape index (κ2) is 6.93. The Morgan fingerprint density at radius 2 is 1.92 bits per heavy atom. The van der Waals surface area contributed by atoms with Gasteiger partial charge in [-0.3, -0.25) is 4.79 Å². The third-order valence-corrected chi connectivity index (χ3v) is 5.16. The second-order valence-corrected chi connectivity index (χ2v) is 6.74. The van der Waals surface area contributed by atoms with E-state index >= 15 is 0 Å². The Kier molecular flexibility index (Phi) is 4.89. The molecule has 132 valence electrons. The zero-order valence-corrected chi connectivity index (χ0v) is 15.1. The minimum absolute atomic E-state index is 0.0118. The molecule has 1 fully saturated rings. The summed E-state index contributed by atoms with van der Waals surface area (Å²) in [5, 5.41) is 6.40. The number of nitrogens with zero attached hydrogens (tertiary/aromatic N) is 4. The molecule has 2 N–H and O–H groups in total. The van der Waals surface area contributed by atoms with Crippen LogP contribution in [0.1, 0.15) is 33.0 Å². The summed E-state index contributed by atoms with van der Waals surface area (Å²) in [6.07, 6.45) is 0.941. The number of carbonyl (C=O) groups is 1. The standard InChI is InChI=1S/C17H28N6O/c1-5-11(3)13-17(24)21-14-15(20-13)18-12(4)19-16(14)23-9-7-22(6-2)8-10-23/h11,13H,5-10H2,1-4H3,(H,21,24)(H,18,19,20). The number of hydrogen-bond acceptors (Lipinski definition) is 6. The summed E-state index contributed by atoms with van der Waals surface area (Å²) < 4.78 is 0. The highest BCUT2D eigenvalue weighted by Gasteiger charge is 2.33. The van der Waals surface area contributed by atoms with Gasteiger partial charge in [0.15, 0.2) is 11.6 Å². The lowest BCUT2D eigenvalue weighted by Gasteiger charge is -2.37. The predicted molar refractivity (Wildman–Crippen MR) is 96.6 cm³/mol. The number of aryl methyl sites for hydroxylation is 1. The van der Waals surface area contributed by atoms with Crippen LogP contribution >= 0.6 is 0 Å². The van der Waals surface area contributed by atoms with Crippen LogP contribution in [0.4, 0.5) is 17.3 Å². The Labute approximate surface area is 143 Å². The number of likely N-dealkylation sites (N-methyl/N-ethyl adjacent to an activating group) is 1. The maximum absolute atomic E-state index is 12.5. The topological polar surface area (TPSA) is 73.4 Å². The van der Waals surface area contributed by atoms with E-state index in [-0.39, 0.29) is 17.9 Å². The molecule has 0 aromatic carbocycles. The molecular formula is C17H28N6O. The lowest BCUT2D eigenvalue weighted by molar-refractivity contribution is -0.118. The van der Waals surface area contributed by atoms with Gasteiger partial charge in [-0.1, -0.05) is 27.2 Å². The molecule has 1 aromatic rings. The quantitative estimate of drug-likeness (QED) is 0.874. The number of rotatable bonds is 4. The third-order valence-electron chi connectivity index (χ3n) is 5.16. The molecule has 0 spiro atoms. The zero-order chi connectivity index (χ0) is 17.3. The number of piperazine rings is 1. The average Bonchev–Trinajstić information content (AvgIpc) is 2.60. The molecule has 1 aromatic heterocycles. The Hall–Kier alpha value is -1.89. The van der Waals surface area contributed by atoms with Crippen molar-refractivity contribution in [3.8, 4) is 0 Å². The van der Waals surface area contributed by atoms with E-state index in [1.165, 1.54) is 0 Å². The van der Waals surface area contributed by atoms with Gasteiger partial charge in [0.2, 0.25) is 5.91 Å². The van der Waals surface area contributed by atoms with E-state index < -0.39 is 0 Å². The minimum Gasteiger partial charge on any atom is -0.356 e. The molecule has 2 aliphatic rings. The van der Waals surface area contributed by atoms with Crippen molar-refractivity contribution in [1.29, 1.82) is 0 Å². The summed E-state index contributed by atoms with van der Waals surface area (Å²) in [5.41, 5.74) is 0.732. The first-order valence-electron chi connectivity index (χ1n) is 8.96. The summed E-state index contributed by atoms with van der Waals surface area (Å²) in [7, 11) is 0. The highest BCUT2D eigenvalue weighted by atomic mass is 16.2. The van der Waals surface area contributed by atoms with Gasteiger partial charge in [-0.2, -0.15) is 0 Å². The van der Waals surface area contributed by atoms with Crippen LogP contribution in [-0.4, -0.2) is 59.5 Å². The fraction of sp³-hybridized carbons (Fsp3) is 0.706. The molecule has 2 atom stereocenters. The van der Waals surface area contributed by atoms with Gasteiger partial charge < -0.3 is 20.4 Å². The highest BCUT2D eigenvalue weighted by molar-refractivity contribution is 6.05. The number of amides is 1. The number of nitrogens with one attached hydrogen (secondary N) is 2. The van der Waals surface area contributed by atoms with Crippen molar-refractivity contribution in [2.75, 3.05) is 48.3 Å². The summed E-state index contributed by atoms with van der Waals surface area (Å²) in [5.74, 6) is 2.59. The lowest BCUT2D eigenvalue weighted by Crippen LogP contribution is -2.48. The van der Waals surface area contributed by atoms with Gasteiger partial charge in [0.25, 0.3) is 0 Å². The van der Waals surface area contributed by atoms with Crippen LogP contribution in [0, 0.1) is 12.8 Å². The van der Waals surface area contributed by atoms with E-state index in [0.717, 1.165) is 62.3 Å². The van der Waals surface area contributed by atoms with Crippen molar-refractivity contribution in [2.45, 2.75) is 40.2 Å². The maximum Gasteiger partial charge on any atom is 0.247 e. The van der Waals surface area contributed by atoms with Crippen LogP contribution in [-0.2, 0) is 4.79 Å². The highest BCUT2D eigenvalue weighted by Crippen LogP contribution is 2.35. The van der Waals surface area contributed by atoms with Gasteiger partial charge in [-0.15, -0.1) is 0 Å². The maximum atomic E-state index is 12.5. The summed E-state index contributed by atoms with van der Waals surface area (Å²) >= 11 is 0. The molecule has 0 aliphatic carbocycles. The van der Waals surface area contributed by atoms with Gasteiger partial charge in [0.1, 0.15) is 17.6 Å². The molecule has 2 aliphatic heterocycles. The third kappa shape index (κ3) is 3.17. The molecule has 3 rings (SSSR count). The number of anilines is 3. The number of fused-ring (bicyclic) bond motifs is 1. The van der Waals surface area contributed by atoms with E-state index in [1.54, 1.807) is 0 Å². The van der Waals surface area contributed by atoms with Crippen LogP contribution < -0.4 is 15.5 Å². The number of aromatic nitrogens is 2. The van der Waals surface area contributed by atoms with Crippen molar-refractivity contribution in [2.24, 2.45) is 5.92 Å². The Morgan fingerprint density at radius 1 is 1.21 bits per heavy atom. The first kappa shape index (κ1) is 17.0. The minimum atomic E-state index is -0.235. The van der Waals surface area contributed by atoms with Crippen molar-refractivity contribution < 1.29 is 4.79 Å². The van der Waals surface area contributed by atoms with E-state index in [1.807, 2.05) is 6.92 Å². The normalized spacial score (nSPS) is 22.6. The molecule has 24 heavy (non-hydrogen) atoms. The van der Waals surface area contributed by atoms with Crippen LogP contribution in [0.25, 0.3) is 0 Å². The SMILES string of the molecule is CCC(C)C1Nc2nc(C)nc(N3CCN(CC)CC3)c2NC1=O. The van der Waals surface area contributed by atoms with Gasteiger partial charge in [-0.05, 0) is 19.4 Å². The van der Waals surface area contributed by atoms with Crippen molar-refractivity contribution >= 4 is 23.2 Å². The van der Waals surface area contributed by atoms with Crippen LogP contribution in [0.3, 0.4) is 0 Å². The molecule has 0 radical (unpaired) electrons. The fourth-order valence-corrected chi connectivity index (χ4v) is 3.33. The molecular weight excluding hydrogens is 304 g/mol. The number of hydrogen-bond donors (Lipinski definition) is 2. The van der Waals surface area contributed by atoms with Crippen molar-refractivity contribution in [3.05, 3.63) is 5.82 Å². The largest absolute Gasteiger partial charge is 0.356 e. The average molecular weight is 332 g/mol. The first-order valence-corrected chi connectivity index (χ1v) is 8.96. The van der Waals surface area contributed by atoms with Crippen LogP contribution in [0.5, 0.6) is 0 Å². The van der Waals surface area contributed by atoms with Gasteiger partial charge >= 0.3 is 0 Å². The van der Waals surface area contributed by atoms with E-state index in [0.29, 0.717) is 0 Å². The molecule has 7 heteroatoms. The Morgan fingerprint density at radius 3 is 2.54 bits per heavy atom. The second-order valence-electron chi connectivity index (χ2n) is 6.74. The predicted octanol–water partition coefficient (Wildman–Crippen LogP) is 1.71. The van der Waals surface area contributed by atoms with Crippen molar-refractivity contribution in [1.82, 2.24) is 14.9 Å². The molecule has 7 nitrogen and oxygen atoms in total.